The molecule has 0 N–H and O–H groups in total. The van der Waals surface area contributed by atoms with E-state index < -0.39 is 0 Å². The summed E-state index contributed by atoms with van der Waals surface area (Å²) in [6.07, 6.45) is 1.35. The van der Waals surface area contributed by atoms with Gasteiger partial charge >= 0.3 is 5.97 Å². The van der Waals surface area contributed by atoms with E-state index in [0.29, 0.717) is 65.3 Å². The molecule has 0 aromatic rings. The molecule has 0 unspecified atom stereocenters. The van der Waals surface area contributed by atoms with E-state index in [2.05, 4.69) is 9.80 Å². The third kappa shape index (κ3) is 5.65. The molecule has 3 saturated heterocycles. The van der Waals surface area contributed by atoms with Crippen molar-refractivity contribution in [2.45, 2.75) is 12.8 Å². The lowest BCUT2D eigenvalue weighted by Gasteiger charge is -2.37. The lowest BCUT2D eigenvalue weighted by atomic mass is 9.97. The van der Waals surface area contributed by atoms with Crippen LogP contribution in [0.25, 0.3) is 0 Å². The molecule has 2 amide bonds. The second-order valence-electron chi connectivity index (χ2n) is 7.72. The number of ether oxygens (including phenoxy) is 2. The zero-order valence-corrected chi connectivity index (χ0v) is 16.8. The molecular formula is C19H32N4O5. The second-order valence-corrected chi connectivity index (χ2v) is 7.72. The molecule has 9 heteroatoms. The number of esters is 1. The van der Waals surface area contributed by atoms with Crippen molar-refractivity contribution < 1.29 is 23.9 Å². The Kier molecular flexibility index (Phi) is 7.64. The summed E-state index contributed by atoms with van der Waals surface area (Å²) < 4.78 is 10.1. The number of piperazine rings is 1. The van der Waals surface area contributed by atoms with Gasteiger partial charge in [0.25, 0.3) is 0 Å². The van der Waals surface area contributed by atoms with E-state index in [0.717, 1.165) is 26.2 Å². The number of rotatable bonds is 5. The fraction of sp³-hybridized carbons (Fsp3) is 0.842. The van der Waals surface area contributed by atoms with Crippen molar-refractivity contribution in [2.24, 2.45) is 5.92 Å². The number of amides is 2. The summed E-state index contributed by atoms with van der Waals surface area (Å²) in [7, 11) is 1.41. The molecule has 158 valence electrons. The maximum atomic E-state index is 12.6. The highest BCUT2D eigenvalue weighted by Crippen LogP contribution is 2.18. The van der Waals surface area contributed by atoms with Gasteiger partial charge in [-0.25, -0.2) is 0 Å². The van der Waals surface area contributed by atoms with Crippen LogP contribution in [0.2, 0.25) is 0 Å². The van der Waals surface area contributed by atoms with Gasteiger partial charge in [-0.15, -0.1) is 0 Å². The van der Waals surface area contributed by atoms with Gasteiger partial charge < -0.3 is 19.3 Å². The predicted octanol–water partition coefficient (Wildman–Crippen LogP) is -1.13. The van der Waals surface area contributed by atoms with Crippen LogP contribution in [0.4, 0.5) is 0 Å². The molecule has 3 aliphatic heterocycles. The van der Waals surface area contributed by atoms with Crippen LogP contribution < -0.4 is 0 Å². The van der Waals surface area contributed by atoms with E-state index in [1.54, 1.807) is 0 Å². The quantitative estimate of drug-likeness (QED) is 0.544. The summed E-state index contributed by atoms with van der Waals surface area (Å²) in [5, 5.41) is 0. The number of methoxy groups -OCH3 is 1. The molecule has 3 rings (SSSR count). The van der Waals surface area contributed by atoms with Crippen molar-refractivity contribution in [3.63, 3.8) is 0 Å². The van der Waals surface area contributed by atoms with E-state index in [1.807, 2.05) is 9.80 Å². The Morgan fingerprint density at radius 2 is 1.25 bits per heavy atom. The molecule has 0 radical (unpaired) electrons. The molecule has 0 bridgehead atoms. The van der Waals surface area contributed by atoms with Gasteiger partial charge in [0.1, 0.15) is 0 Å². The maximum absolute atomic E-state index is 12.6. The highest BCUT2D eigenvalue weighted by Gasteiger charge is 2.29. The zero-order chi connectivity index (χ0) is 19.9. The smallest absolute Gasteiger partial charge is 0.308 e. The van der Waals surface area contributed by atoms with Crippen LogP contribution in [0.1, 0.15) is 12.8 Å². The molecule has 0 aromatic heterocycles. The van der Waals surface area contributed by atoms with Crippen molar-refractivity contribution >= 4 is 17.8 Å². The van der Waals surface area contributed by atoms with Gasteiger partial charge in [-0.05, 0) is 12.8 Å². The minimum absolute atomic E-state index is 0.0819. The largest absolute Gasteiger partial charge is 0.469 e. The van der Waals surface area contributed by atoms with Crippen molar-refractivity contribution in [1.82, 2.24) is 19.6 Å². The standard InChI is InChI=1S/C19H32N4O5/c1-27-19(26)16-2-4-22(5-3-16)17(24)14-20-6-8-21(9-7-20)15-18(25)23-10-12-28-13-11-23/h16H,2-15H2,1H3. The topological polar surface area (TPSA) is 82.6 Å². The first-order valence-corrected chi connectivity index (χ1v) is 10.2. The Bertz CT molecular complexity index is 551. The number of hydrogen-bond acceptors (Lipinski definition) is 7. The third-order valence-corrected chi connectivity index (χ3v) is 5.93. The Hall–Kier alpha value is -1.71. The van der Waals surface area contributed by atoms with Crippen LogP contribution in [0.3, 0.4) is 0 Å². The van der Waals surface area contributed by atoms with E-state index in [9.17, 15) is 14.4 Å². The Morgan fingerprint density at radius 3 is 1.71 bits per heavy atom. The first kappa shape index (κ1) is 21.0. The highest BCUT2D eigenvalue weighted by molar-refractivity contribution is 5.79. The van der Waals surface area contributed by atoms with Crippen LogP contribution in [-0.2, 0) is 23.9 Å². The molecule has 0 atom stereocenters. The fourth-order valence-electron chi connectivity index (χ4n) is 4.03. The number of piperidine rings is 1. The molecule has 3 aliphatic rings. The molecule has 3 heterocycles. The van der Waals surface area contributed by atoms with Gasteiger partial charge in [0.15, 0.2) is 0 Å². The summed E-state index contributed by atoms with van der Waals surface area (Å²) in [6.45, 7) is 7.89. The summed E-state index contributed by atoms with van der Waals surface area (Å²) >= 11 is 0. The normalized spacial score (nSPS) is 22.9. The summed E-state index contributed by atoms with van der Waals surface area (Å²) in [5.41, 5.74) is 0. The fourth-order valence-corrected chi connectivity index (χ4v) is 4.03. The average Bonchev–Trinajstić information content (AvgIpc) is 2.75. The van der Waals surface area contributed by atoms with Gasteiger partial charge in [0.2, 0.25) is 11.8 Å². The van der Waals surface area contributed by atoms with Gasteiger partial charge in [0, 0.05) is 52.4 Å². The van der Waals surface area contributed by atoms with Gasteiger partial charge in [-0.1, -0.05) is 0 Å². The molecule has 9 nitrogen and oxygen atoms in total. The molecular weight excluding hydrogens is 364 g/mol. The zero-order valence-electron chi connectivity index (χ0n) is 16.8. The first-order chi connectivity index (χ1) is 13.6. The van der Waals surface area contributed by atoms with Crippen LogP contribution in [-0.4, -0.2) is 123 Å². The number of nitrogens with zero attached hydrogens (tertiary/aromatic N) is 4. The predicted molar refractivity (Wildman–Crippen MR) is 102 cm³/mol. The molecule has 0 saturated carbocycles. The van der Waals surface area contributed by atoms with Gasteiger partial charge in [-0.3, -0.25) is 24.2 Å². The minimum atomic E-state index is -0.171. The molecule has 0 spiro atoms. The van der Waals surface area contributed by atoms with Crippen LogP contribution in [0, 0.1) is 5.92 Å². The lowest BCUT2D eigenvalue weighted by molar-refractivity contribution is -0.149. The number of hydrogen-bond donors (Lipinski definition) is 0. The van der Waals surface area contributed by atoms with Gasteiger partial charge in [0.05, 0.1) is 39.3 Å². The maximum Gasteiger partial charge on any atom is 0.308 e. The van der Waals surface area contributed by atoms with Crippen molar-refractivity contribution in [2.75, 3.05) is 85.8 Å². The highest BCUT2D eigenvalue weighted by atomic mass is 16.5. The Balaban J connectivity index is 1.34. The monoisotopic (exact) mass is 396 g/mol. The van der Waals surface area contributed by atoms with Crippen LogP contribution in [0.5, 0.6) is 0 Å². The van der Waals surface area contributed by atoms with Crippen LogP contribution in [0.15, 0.2) is 0 Å². The molecule has 28 heavy (non-hydrogen) atoms. The SMILES string of the molecule is COC(=O)C1CCN(C(=O)CN2CCN(CC(=O)N3CCOCC3)CC2)CC1. The van der Waals surface area contributed by atoms with E-state index in [1.165, 1.54) is 7.11 Å². The van der Waals surface area contributed by atoms with Crippen molar-refractivity contribution in [1.29, 1.82) is 0 Å². The summed E-state index contributed by atoms with van der Waals surface area (Å²) in [4.78, 5) is 44.6. The number of morpholine rings is 1. The average molecular weight is 396 g/mol. The molecule has 0 aromatic carbocycles. The lowest BCUT2D eigenvalue weighted by Crippen LogP contribution is -2.53. The van der Waals surface area contributed by atoms with Crippen molar-refractivity contribution in [3.05, 3.63) is 0 Å². The third-order valence-electron chi connectivity index (χ3n) is 5.93. The van der Waals surface area contributed by atoms with Crippen LogP contribution >= 0.6 is 0 Å². The summed E-state index contributed by atoms with van der Waals surface area (Å²) in [5.74, 6) is 0.0407. The number of likely N-dealkylation sites (tertiary alicyclic amines) is 1. The summed E-state index contributed by atoms with van der Waals surface area (Å²) in [6, 6.07) is 0. The van der Waals surface area contributed by atoms with Crippen molar-refractivity contribution in [3.8, 4) is 0 Å². The molecule has 0 aliphatic carbocycles. The Labute approximate surface area is 166 Å². The Morgan fingerprint density at radius 1 is 0.786 bits per heavy atom. The van der Waals surface area contributed by atoms with E-state index in [-0.39, 0.29) is 23.7 Å². The van der Waals surface area contributed by atoms with E-state index >= 15 is 0 Å². The van der Waals surface area contributed by atoms with E-state index in [4.69, 9.17) is 9.47 Å². The first-order valence-electron chi connectivity index (χ1n) is 10.2. The number of carbonyl (C=O) groups is 3. The number of carbonyl (C=O) groups excluding carboxylic acids is 3. The minimum Gasteiger partial charge on any atom is -0.469 e. The van der Waals surface area contributed by atoms with Gasteiger partial charge in [-0.2, -0.15) is 0 Å². The molecule has 3 fully saturated rings. The second kappa shape index (κ2) is 10.2.